The molecule has 0 aliphatic heterocycles. The zero-order chi connectivity index (χ0) is 12.0. The maximum atomic E-state index is 5.21. The monoisotopic (exact) mass is 218 g/mol. The highest BCUT2D eigenvalue weighted by atomic mass is 16.5. The molecular weight excluding hydrogens is 200 g/mol. The number of allylic oxidation sites excluding steroid dienone is 2. The van der Waals surface area contributed by atoms with Crippen LogP contribution in [0.4, 0.5) is 0 Å². The van der Waals surface area contributed by atoms with Crippen molar-refractivity contribution >= 4 is 0 Å². The summed E-state index contributed by atoms with van der Waals surface area (Å²) in [5, 5.41) is 0. The highest BCUT2D eigenvalue weighted by Gasteiger charge is 2.02. The van der Waals surface area contributed by atoms with E-state index in [0.29, 0.717) is 0 Å². The van der Waals surface area contributed by atoms with Gasteiger partial charge in [0.05, 0.1) is 14.2 Å². The average molecular weight is 218 g/mol. The lowest BCUT2D eigenvalue weighted by Gasteiger charge is -2.08. The molecular formula is C14H18O2. The van der Waals surface area contributed by atoms with Crippen LogP contribution < -0.4 is 9.47 Å². The van der Waals surface area contributed by atoms with E-state index in [4.69, 9.17) is 9.47 Å². The van der Waals surface area contributed by atoms with Crippen LogP contribution in [-0.2, 0) is 6.42 Å². The third kappa shape index (κ3) is 3.46. The predicted molar refractivity (Wildman–Crippen MR) is 67.2 cm³/mol. The van der Waals surface area contributed by atoms with Crippen molar-refractivity contribution in [2.45, 2.75) is 12.8 Å². The maximum absolute atomic E-state index is 5.21. The maximum Gasteiger partial charge on any atom is 0.122 e. The Morgan fingerprint density at radius 1 is 1.19 bits per heavy atom. The molecule has 16 heavy (non-hydrogen) atoms. The van der Waals surface area contributed by atoms with Crippen molar-refractivity contribution in [1.29, 1.82) is 0 Å². The molecule has 0 fully saturated rings. The standard InChI is InChI=1S/C14H18O2/c1-5-11(2)6-7-12-8-13(15-3)10-14(9-12)16-4/h5,8-10H,1-2,6-7H2,3-4H3. The molecule has 0 aromatic heterocycles. The normalized spacial score (nSPS) is 9.62. The second kappa shape index (κ2) is 6.01. The van der Waals surface area contributed by atoms with Gasteiger partial charge >= 0.3 is 0 Å². The van der Waals surface area contributed by atoms with E-state index in [9.17, 15) is 0 Å². The van der Waals surface area contributed by atoms with Gasteiger partial charge in [0.15, 0.2) is 0 Å². The molecule has 1 aromatic rings. The van der Waals surface area contributed by atoms with Crippen LogP contribution in [-0.4, -0.2) is 14.2 Å². The molecule has 1 rings (SSSR count). The Bertz CT molecular complexity index is 358. The van der Waals surface area contributed by atoms with Gasteiger partial charge in [-0.15, -0.1) is 0 Å². The second-order valence-electron chi connectivity index (χ2n) is 3.58. The van der Waals surface area contributed by atoms with Gasteiger partial charge in [-0.1, -0.05) is 24.8 Å². The van der Waals surface area contributed by atoms with Crippen molar-refractivity contribution in [1.82, 2.24) is 0 Å². The molecule has 0 unspecified atom stereocenters. The van der Waals surface area contributed by atoms with Gasteiger partial charge in [-0.25, -0.2) is 0 Å². The third-order valence-electron chi connectivity index (χ3n) is 2.43. The molecule has 1 aromatic carbocycles. The van der Waals surface area contributed by atoms with Crippen molar-refractivity contribution in [3.63, 3.8) is 0 Å². The molecule has 0 N–H and O–H groups in total. The van der Waals surface area contributed by atoms with Crippen molar-refractivity contribution in [3.8, 4) is 11.5 Å². The van der Waals surface area contributed by atoms with E-state index in [1.54, 1.807) is 20.3 Å². The number of ether oxygens (including phenoxy) is 2. The van der Waals surface area contributed by atoms with E-state index in [2.05, 4.69) is 13.2 Å². The number of benzene rings is 1. The van der Waals surface area contributed by atoms with E-state index in [1.165, 1.54) is 5.56 Å². The van der Waals surface area contributed by atoms with Gasteiger partial charge in [-0.05, 0) is 30.5 Å². The fourth-order valence-corrected chi connectivity index (χ4v) is 1.42. The smallest absolute Gasteiger partial charge is 0.122 e. The van der Waals surface area contributed by atoms with Crippen LogP contribution in [0.1, 0.15) is 12.0 Å². The first-order valence-corrected chi connectivity index (χ1v) is 5.21. The van der Waals surface area contributed by atoms with E-state index >= 15 is 0 Å². The average Bonchev–Trinajstić information content (AvgIpc) is 2.35. The summed E-state index contributed by atoms with van der Waals surface area (Å²) < 4.78 is 10.4. The van der Waals surface area contributed by atoms with Crippen LogP contribution in [0.3, 0.4) is 0 Å². The van der Waals surface area contributed by atoms with Gasteiger partial charge < -0.3 is 9.47 Å². The molecule has 2 heteroatoms. The zero-order valence-electron chi connectivity index (χ0n) is 9.95. The Morgan fingerprint density at radius 3 is 2.19 bits per heavy atom. The lowest BCUT2D eigenvalue weighted by molar-refractivity contribution is 0.393. The highest BCUT2D eigenvalue weighted by Crippen LogP contribution is 2.23. The van der Waals surface area contributed by atoms with E-state index in [0.717, 1.165) is 29.9 Å². The number of methoxy groups -OCH3 is 2. The lowest BCUT2D eigenvalue weighted by atomic mass is 10.1. The molecule has 0 spiro atoms. The predicted octanol–water partition coefficient (Wildman–Crippen LogP) is 3.38. The summed E-state index contributed by atoms with van der Waals surface area (Å²) in [7, 11) is 3.31. The SMILES string of the molecule is C=CC(=C)CCc1cc(OC)cc(OC)c1. The van der Waals surface area contributed by atoms with Crippen molar-refractivity contribution in [2.75, 3.05) is 14.2 Å². The largest absolute Gasteiger partial charge is 0.497 e. The number of aryl methyl sites for hydroxylation is 1. The van der Waals surface area contributed by atoms with Crippen molar-refractivity contribution in [3.05, 3.63) is 48.6 Å². The molecule has 2 nitrogen and oxygen atoms in total. The first-order valence-electron chi connectivity index (χ1n) is 5.21. The van der Waals surface area contributed by atoms with E-state index in [-0.39, 0.29) is 0 Å². The van der Waals surface area contributed by atoms with Gasteiger partial charge in [0.1, 0.15) is 11.5 Å². The van der Waals surface area contributed by atoms with Gasteiger partial charge in [-0.2, -0.15) is 0 Å². The molecule has 0 bridgehead atoms. The molecule has 0 saturated heterocycles. The van der Waals surface area contributed by atoms with Crippen LogP contribution in [0.2, 0.25) is 0 Å². The summed E-state index contributed by atoms with van der Waals surface area (Å²) >= 11 is 0. The molecule has 0 aliphatic rings. The summed E-state index contributed by atoms with van der Waals surface area (Å²) in [4.78, 5) is 0. The van der Waals surface area contributed by atoms with Gasteiger partial charge in [0.25, 0.3) is 0 Å². The molecule has 86 valence electrons. The Labute approximate surface area is 97.2 Å². The minimum atomic E-state index is 0.818. The Kier molecular flexibility index (Phi) is 4.65. The summed E-state index contributed by atoms with van der Waals surface area (Å²) in [6.07, 6.45) is 3.61. The molecule has 0 amide bonds. The highest BCUT2D eigenvalue weighted by molar-refractivity contribution is 5.38. The summed E-state index contributed by atoms with van der Waals surface area (Å²) in [6, 6.07) is 5.89. The first-order chi connectivity index (χ1) is 7.69. The quantitative estimate of drug-likeness (QED) is 0.681. The van der Waals surface area contributed by atoms with E-state index in [1.807, 2.05) is 18.2 Å². The minimum absolute atomic E-state index is 0.818. The fraction of sp³-hybridized carbons (Fsp3) is 0.286. The summed E-state index contributed by atoms with van der Waals surface area (Å²) in [5.74, 6) is 1.64. The van der Waals surface area contributed by atoms with Gasteiger partial charge in [0, 0.05) is 6.07 Å². The minimum Gasteiger partial charge on any atom is -0.497 e. The molecule has 0 atom stereocenters. The Hall–Kier alpha value is -1.70. The van der Waals surface area contributed by atoms with Gasteiger partial charge in [0.2, 0.25) is 0 Å². The third-order valence-corrected chi connectivity index (χ3v) is 2.43. The second-order valence-corrected chi connectivity index (χ2v) is 3.58. The fourth-order valence-electron chi connectivity index (χ4n) is 1.42. The number of hydrogen-bond acceptors (Lipinski definition) is 2. The lowest BCUT2D eigenvalue weighted by Crippen LogP contribution is -1.92. The molecule has 0 aliphatic carbocycles. The van der Waals surface area contributed by atoms with E-state index < -0.39 is 0 Å². The topological polar surface area (TPSA) is 18.5 Å². The van der Waals surface area contributed by atoms with Crippen LogP contribution >= 0.6 is 0 Å². The van der Waals surface area contributed by atoms with Crippen molar-refractivity contribution in [2.24, 2.45) is 0 Å². The van der Waals surface area contributed by atoms with Crippen LogP contribution in [0, 0.1) is 0 Å². The summed E-state index contributed by atoms with van der Waals surface area (Å²) in [6.45, 7) is 7.58. The molecule has 0 radical (unpaired) electrons. The number of rotatable bonds is 6. The first kappa shape index (κ1) is 12.4. The Morgan fingerprint density at radius 2 is 1.75 bits per heavy atom. The Balaban J connectivity index is 2.78. The molecule has 0 heterocycles. The van der Waals surface area contributed by atoms with Crippen LogP contribution in [0.5, 0.6) is 11.5 Å². The van der Waals surface area contributed by atoms with Crippen LogP contribution in [0.25, 0.3) is 0 Å². The van der Waals surface area contributed by atoms with Crippen molar-refractivity contribution < 1.29 is 9.47 Å². The van der Waals surface area contributed by atoms with Gasteiger partial charge in [-0.3, -0.25) is 0 Å². The number of hydrogen-bond donors (Lipinski definition) is 0. The molecule has 0 saturated carbocycles. The van der Waals surface area contributed by atoms with Crippen LogP contribution in [0.15, 0.2) is 43.0 Å². The summed E-state index contributed by atoms with van der Waals surface area (Å²) in [5.41, 5.74) is 2.22. The zero-order valence-corrected chi connectivity index (χ0v) is 9.95.